The normalized spacial score (nSPS) is 11.2. The van der Waals surface area contributed by atoms with Crippen molar-refractivity contribution in [2.75, 3.05) is 7.11 Å². The first-order chi connectivity index (χ1) is 15.5. The number of phenols is 2. The number of nitrogens with one attached hydrogen (secondary N) is 2. The highest BCUT2D eigenvalue weighted by Gasteiger charge is 2.14. The summed E-state index contributed by atoms with van der Waals surface area (Å²) < 4.78 is 5.13. The van der Waals surface area contributed by atoms with Gasteiger partial charge in [0, 0.05) is 17.2 Å². The van der Waals surface area contributed by atoms with E-state index in [1.54, 1.807) is 61.7 Å². The molecule has 8 nitrogen and oxygen atoms in total. The van der Waals surface area contributed by atoms with Gasteiger partial charge in [0.15, 0.2) is 0 Å². The van der Waals surface area contributed by atoms with Gasteiger partial charge in [0.2, 0.25) is 0 Å². The number of rotatable bonds is 7. The van der Waals surface area contributed by atoms with Gasteiger partial charge in [-0.2, -0.15) is 5.10 Å². The Morgan fingerprint density at radius 3 is 2.34 bits per heavy atom. The predicted molar refractivity (Wildman–Crippen MR) is 120 cm³/mol. The third-order valence-corrected chi connectivity index (χ3v) is 4.34. The van der Waals surface area contributed by atoms with Crippen LogP contribution in [-0.2, 0) is 4.79 Å². The maximum Gasteiger partial charge on any atom is 0.287 e. The molecule has 2 amide bonds. The number of phenolic OH excluding ortho intramolecular Hbond substituents is 2. The molecule has 3 rings (SSSR count). The number of methoxy groups -OCH3 is 1. The van der Waals surface area contributed by atoms with E-state index >= 15 is 0 Å². The van der Waals surface area contributed by atoms with Crippen molar-refractivity contribution >= 4 is 24.1 Å². The van der Waals surface area contributed by atoms with Gasteiger partial charge in [-0.05, 0) is 48.0 Å². The zero-order valence-electron chi connectivity index (χ0n) is 17.1. The van der Waals surface area contributed by atoms with E-state index in [1.165, 1.54) is 24.4 Å². The molecule has 3 aromatic rings. The van der Waals surface area contributed by atoms with Gasteiger partial charge in [-0.15, -0.1) is 0 Å². The van der Waals surface area contributed by atoms with Crippen LogP contribution >= 0.6 is 0 Å². The molecule has 0 heterocycles. The van der Waals surface area contributed by atoms with Gasteiger partial charge in [-0.25, -0.2) is 5.43 Å². The van der Waals surface area contributed by atoms with Crippen LogP contribution in [0.25, 0.3) is 6.08 Å². The van der Waals surface area contributed by atoms with Gasteiger partial charge >= 0.3 is 0 Å². The van der Waals surface area contributed by atoms with Crippen LogP contribution in [-0.4, -0.2) is 35.4 Å². The predicted octanol–water partition coefficient (Wildman–Crippen LogP) is 3.03. The Hall–Kier alpha value is -4.59. The number of carbonyl (C=O) groups is 2. The molecule has 0 aliphatic carbocycles. The van der Waals surface area contributed by atoms with Crippen LogP contribution in [0.4, 0.5) is 0 Å². The van der Waals surface area contributed by atoms with Gasteiger partial charge in [-0.3, -0.25) is 9.59 Å². The zero-order valence-corrected chi connectivity index (χ0v) is 17.1. The lowest BCUT2D eigenvalue weighted by Crippen LogP contribution is -2.32. The van der Waals surface area contributed by atoms with E-state index in [1.807, 2.05) is 0 Å². The zero-order chi connectivity index (χ0) is 22.9. The highest BCUT2D eigenvalue weighted by molar-refractivity contribution is 6.05. The highest BCUT2D eigenvalue weighted by Crippen LogP contribution is 2.20. The van der Waals surface area contributed by atoms with E-state index in [9.17, 15) is 19.8 Å². The minimum atomic E-state index is -0.667. The fourth-order valence-electron chi connectivity index (χ4n) is 2.67. The van der Waals surface area contributed by atoms with Crippen molar-refractivity contribution in [1.29, 1.82) is 0 Å². The number of hydrogen-bond acceptors (Lipinski definition) is 6. The Bertz CT molecular complexity index is 1160. The van der Waals surface area contributed by atoms with E-state index in [0.717, 1.165) is 6.07 Å². The summed E-state index contributed by atoms with van der Waals surface area (Å²) in [7, 11) is 1.55. The number of hydrogen-bond donors (Lipinski definition) is 4. The Labute approximate surface area is 184 Å². The molecule has 0 saturated heterocycles. The van der Waals surface area contributed by atoms with Gasteiger partial charge in [0.1, 0.15) is 22.9 Å². The van der Waals surface area contributed by atoms with Crippen molar-refractivity contribution in [3.63, 3.8) is 0 Å². The number of aromatic hydroxyl groups is 2. The first-order valence-electron chi connectivity index (χ1n) is 9.54. The van der Waals surface area contributed by atoms with Crippen molar-refractivity contribution in [3.05, 3.63) is 95.2 Å². The minimum absolute atomic E-state index is 0.0314. The average molecular weight is 431 g/mol. The molecule has 4 N–H and O–H groups in total. The summed E-state index contributed by atoms with van der Waals surface area (Å²) in [5, 5.41) is 25.6. The Morgan fingerprint density at radius 2 is 1.69 bits per heavy atom. The Morgan fingerprint density at radius 1 is 0.969 bits per heavy atom. The van der Waals surface area contributed by atoms with Crippen molar-refractivity contribution in [2.45, 2.75) is 0 Å². The number of hydrazone groups is 1. The van der Waals surface area contributed by atoms with Crippen LogP contribution in [0, 0.1) is 0 Å². The second kappa shape index (κ2) is 10.4. The standard InChI is InChI=1S/C24H21N3O5/c1-32-20-11-7-16(8-12-20)13-21(26-23(30)17-5-3-2-4-6-17)24(31)27-25-15-18-9-10-19(28)14-22(18)29/h2-15,28-29H,1H3,(H,26,30)(H,27,31)/b21-13+,25-15+. The van der Waals surface area contributed by atoms with E-state index in [-0.39, 0.29) is 22.8 Å². The monoisotopic (exact) mass is 431 g/mol. The number of ether oxygens (including phenoxy) is 1. The van der Waals surface area contributed by atoms with Crippen molar-refractivity contribution in [1.82, 2.24) is 10.7 Å². The molecule has 0 atom stereocenters. The SMILES string of the molecule is COc1ccc(/C=C(/NC(=O)c2ccccc2)C(=O)N/N=C/c2ccc(O)cc2O)cc1. The fourth-order valence-corrected chi connectivity index (χ4v) is 2.67. The lowest BCUT2D eigenvalue weighted by molar-refractivity contribution is -0.117. The van der Waals surface area contributed by atoms with E-state index in [4.69, 9.17) is 4.74 Å². The van der Waals surface area contributed by atoms with Gasteiger partial charge in [0.25, 0.3) is 11.8 Å². The second-order valence-corrected chi connectivity index (χ2v) is 6.59. The van der Waals surface area contributed by atoms with Crippen molar-refractivity contribution in [3.8, 4) is 17.2 Å². The maximum absolute atomic E-state index is 12.7. The molecular formula is C24H21N3O5. The maximum atomic E-state index is 12.7. The Kier molecular flexibility index (Phi) is 7.21. The smallest absolute Gasteiger partial charge is 0.287 e. The minimum Gasteiger partial charge on any atom is -0.508 e. The fraction of sp³-hybridized carbons (Fsp3) is 0.0417. The summed E-state index contributed by atoms with van der Waals surface area (Å²) in [5.74, 6) is -0.772. The molecule has 0 saturated carbocycles. The van der Waals surface area contributed by atoms with Crippen LogP contribution < -0.4 is 15.5 Å². The third kappa shape index (κ3) is 5.96. The number of nitrogens with zero attached hydrogens (tertiary/aromatic N) is 1. The van der Waals surface area contributed by atoms with Gasteiger partial charge in [-0.1, -0.05) is 30.3 Å². The van der Waals surface area contributed by atoms with Crippen LogP contribution in [0.15, 0.2) is 83.6 Å². The van der Waals surface area contributed by atoms with Gasteiger partial charge in [0.05, 0.1) is 13.3 Å². The molecule has 8 heteroatoms. The number of amides is 2. The molecule has 32 heavy (non-hydrogen) atoms. The van der Waals surface area contributed by atoms with Crippen molar-refractivity contribution in [2.24, 2.45) is 5.10 Å². The first kappa shape index (κ1) is 22.1. The quantitative estimate of drug-likeness (QED) is 0.260. The summed E-state index contributed by atoms with van der Waals surface area (Å²) in [6.45, 7) is 0. The van der Waals surface area contributed by atoms with E-state index < -0.39 is 11.8 Å². The molecule has 0 radical (unpaired) electrons. The molecule has 0 fully saturated rings. The lowest BCUT2D eigenvalue weighted by Gasteiger charge is -2.09. The average Bonchev–Trinajstić information content (AvgIpc) is 2.81. The van der Waals surface area contributed by atoms with E-state index in [0.29, 0.717) is 16.9 Å². The number of carbonyl (C=O) groups excluding carboxylic acids is 2. The summed E-state index contributed by atoms with van der Waals surface area (Å²) in [6.07, 6.45) is 2.72. The summed E-state index contributed by atoms with van der Waals surface area (Å²) in [5.41, 5.74) is 3.62. The summed E-state index contributed by atoms with van der Waals surface area (Å²) in [6, 6.07) is 19.4. The highest BCUT2D eigenvalue weighted by atomic mass is 16.5. The molecule has 0 spiro atoms. The first-order valence-corrected chi connectivity index (χ1v) is 9.54. The number of benzene rings is 3. The Balaban J connectivity index is 1.81. The largest absolute Gasteiger partial charge is 0.508 e. The van der Waals surface area contributed by atoms with Crippen LogP contribution in [0.3, 0.4) is 0 Å². The molecule has 0 aliphatic heterocycles. The summed E-state index contributed by atoms with van der Waals surface area (Å²) >= 11 is 0. The molecule has 0 bridgehead atoms. The third-order valence-electron chi connectivity index (χ3n) is 4.34. The van der Waals surface area contributed by atoms with Crippen LogP contribution in [0.1, 0.15) is 21.5 Å². The molecular weight excluding hydrogens is 410 g/mol. The van der Waals surface area contributed by atoms with Crippen LogP contribution in [0.2, 0.25) is 0 Å². The van der Waals surface area contributed by atoms with Crippen LogP contribution in [0.5, 0.6) is 17.2 Å². The van der Waals surface area contributed by atoms with E-state index in [2.05, 4.69) is 15.8 Å². The second-order valence-electron chi connectivity index (χ2n) is 6.59. The molecule has 162 valence electrons. The topological polar surface area (TPSA) is 120 Å². The molecule has 3 aromatic carbocycles. The summed E-state index contributed by atoms with van der Waals surface area (Å²) in [4.78, 5) is 25.3. The van der Waals surface area contributed by atoms with Crippen molar-refractivity contribution < 1.29 is 24.5 Å². The lowest BCUT2D eigenvalue weighted by atomic mass is 10.1. The molecule has 0 aliphatic rings. The van der Waals surface area contributed by atoms with Gasteiger partial charge < -0.3 is 20.3 Å². The molecule has 0 unspecified atom stereocenters. The molecule has 0 aromatic heterocycles.